The summed E-state index contributed by atoms with van der Waals surface area (Å²) in [5.41, 5.74) is 6.66. The van der Waals surface area contributed by atoms with E-state index in [-0.39, 0.29) is 18.2 Å². The highest BCUT2D eigenvalue weighted by molar-refractivity contribution is 5.73. The van der Waals surface area contributed by atoms with Gasteiger partial charge in [0.2, 0.25) is 0 Å². The molecule has 4 heteroatoms. The number of hydrogen-bond acceptors (Lipinski definition) is 4. The third-order valence-electron chi connectivity index (χ3n) is 2.67. The van der Waals surface area contributed by atoms with Gasteiger partial charge in [-0.25, -0.2) is 4.99 Å². The molecule has 0 fully saturated rings. The van der Waals surface area contributed by atoms with Gasteiger partial charge in [0.05, 0.1) is 0 Å². The molecule has 1 heterocycles. The number of nitrogens with zero attached hydrogens (tertiary/aromatic N) is 1. The largest absolute Gasteiger partial charge is 0.463 e. The van der Waals surface area contributed by atoms with Crippen molar-refractivity contribution in [3.05, 3.63) is 35.9 Å². The number of nitrogens with two attached hydrogens (primary N) is 1. The molecule has 0 spiro atoms. The maximum Gasteiger partial charge on any atom is 0.282 e. The van der Waals surface area contributed by atoms with Gasteiger partial charge in [0.1, 0.15) is 18.8 Å². The minimum Gasteiger partial charge on any atom is -0.463 e. The second kappa shape index (κ2) is 5.68. The van der Waals surface area contributed by atoms with Crippen LogP contribution in [-0.2, 0) is 9.47 Å². The highest BCUT2D eigenvalue weighted by atomic mass is 16.5. The number of amidine groups is 1. The van der Waals surface area contributed by atoms with Crippen molar-refractivity contribution in [2.45, 2.75) is 25.5 Å². The van der Waals surface area contributed by atoms with Crippen LogP contribution in [0.2, 0.25) is 0 Å². The zero-order valence-electron chi connectivity index (χ0n) is 10.0. The Kier molecular flexibility index (Phi) is 3.98. The number of ether oxygens (including phenoxy) is 2. The van der Waals surface area contributed by atoms with E-state index >= 15 is 0 Å². The molecular weight excluding hydrogens is 216 g/mol. The minimum absolute atomic E-state index is 0.0380. The maximum atomic E-state index is 5.87. The van der Waals surface area contributed by atoms with Crippen molar-refractivity contribution in [1.29, 1.82) is 0 Å². The van der Waals surface area contributed by atoms with Crippen molar-refractivity contribution in [3.63, 3.8) is 0 Å². The predicted molar refractivity (Wildman–Crippen MR) is 66.8 cm³/mol. The van der Waals surface area contributed by atoms with Gasteiger partial charge in [-0.3, -0.25) is 0 Å². The summed E-state index contributed by atoms with van der Waals surface area (Å²) in [4.78, 5) is 4.27. The van der Waals surface area contributed by atoms with Crippen molar-refractivity contribution >= 4 is 6.02 Å². The summed E-state index contributed by atoms with van der Waals surface area (Å²) in [6, 6.07) is 10.3. The Balaban J connectivity index is 2.14. The van der Waals surface area contributed by atoms with Crippen LogP contribution in [0.5, 0.6) is 0 Å². The molecule has 0 aromatic heterocycles. The molecule has 17 heavy (non-hydrogen) atoms. The van der Waals surface area contributed by atoms with E-state index in [1.807, 2.05) is 30.3 Å². The van der Waals surface area contributed by atoms with Gasteiger partial charge in [-0.05, 0) is 12.0 Å². The molecule has 0 radical (unpaired) electrons. The normalized spacial score (nSPS) is 20.8. The zero-order chi connectivity index (χ0) is 12.1. The standard InChI is InChI=1S/C13H18N2O2/c1-2-8-16-12(10-6-4-3-5-7-10)11-9-17-13(14)15-11/h3-7,11-12H,2,8-9H2,1H3,(H2,14,15)/t11-,12?/m0/s1. The fourth-order valence-electron chi connectivity index (χ4n) is 1.88. The summed E-state index contributed by atoms with van der Waals surface area (Å²) < 4.78 is 11.1. The Hall–Kier alpha value is -1.55. The topological polar surface area (TPSA) is 56.8 Å². The summed E-state index contributed by atoms with van der Waals surface area (Å²) in [6.07, 6.45) is 0.910. The quantitative estimate of drug-likeness (QED) is 0.846. The first-order valence-corrected chi connectivity index (χ1v) is 5.94. The van der Waals surface area contributed by atoms with E-state index in [1.165, 1.54) is 0 Å². The lowest BCUT2D eigenvalue weighted by Crippen LogP contribution is -2.21. The summed E-state index contributed by atoms with van der Waals surface area (Å²) in [6.45, 7) is 3.30. The molecular formula is C13H18N2O2. The van der Waals surface area contributed by atoms with E-state index in [2.05, 4.69) is 11.9 Å². The highest BCUT2D eigenvalue weighted by Gasteiger charge is 2.28. The second-order valence-corrected chi connectivity index (χ2v) is 4.05. The molecule has 1 aliphatic rings. The molecule has 0 saturated heterocycles. The van der Waals surface area contributed by atoms with Gasteiger partial charge in [-0.1, -0.05) is 37.3 Å². The third-order valence-corrected chi connectivity index (χ3v) is 2.67. The Morgan fingerprint density at radius 2 is 2.24 bits per heavy atom. The summed E-state index contributed by atoms with van der Waals surface area (Å²) in [7, 11) is 0. The molecule has 1 aliphatic heterocycles. The molecule has 92 valence electrons. The van der Waals surface area contributed by atoms with Crippen LogP contribution in [-0.4, -0.2) is 25.3 Å². The minimum atomic E-state index is -0.0720. The van der Waals surface area contributed by atoms with Crippen LogP contribution in [0, 0.1) is 0 Å². The third kappa shape index (κ3) is 2.97. The van der Waals surface area contributed by atoms with E-state index in [1.54, 1.807) is 0 Å². The number of hydrogen-bond donors (Lipinski definition) is 1. The molecule has 0 bridgehead atoms. The van der Waals surface area contributed by atoms with Gasteiger partial charge in [-0.2, -0.15) is 0 Å². The lowest BCUT2D eigenvalue weighted by Gasteiger charge is -2.21. The van der Waals surface area contributed by atoms with Crippen molar-refractivity contribution in [3.8, 4) is 0 Å². The molecule has 2 atom stereocenters. The summed E-state index contributed by atoms with van der Waals surface area (Å²) in [5.74, 6) is 0. The first kappa shape index (κ1) is 11.9. The van der Waals surface area contributed by atoms with E-state index in [9.17, 15) is 0 Å². The molecule has 1 aromatic rings. The zero-order valence-corrected chi connectivity index (χ0v) is 10.0. The molecule has 4 nitrogen and oxygen atoms in total. The highest BCUT2D eigenvalue weighted by Crippen LogP contribution is 2.26. The van der Waals surface area contributed by atoms with Crippen LogP contribution in [0.15, 0.2) is 35.3 Å². The molecule has 1 aromatic carbocycles. The van der Waals surface area contributed by atoms with Crippen molar-refractivity contribution in [2.24, 2.45) is 10.7 Å². The van der Waals surface area contributed by atoms with Gasteiger partial charge < -0.3 is 15.2 Å². The molecule has 1 unspecified atom stereocenters. The fourth-order valence-corrected chi connectivity index (χ4v) is 1.88. The average molecular weight is 234 g/mol. The van der Waals surface area contributed by atoms with E-state index < -0.39 is 0 Å². The van der Waals surface area contributed by atoms with Crippen LogP contribution in [0.1, 0.15) is 25.0 Å². The summed E-state index contributed by atoms with van der Waals surface area (Å²) >= 11 is 0. The first-order valence-electron chi connectivity index (χ1n) is 5.94. The smallest absolute Gasteiger partial charge is 0.282 e. The lowest BCUT2D eigenvalue weighted by molar-refractivity contribution is 0.0294. The number of rotatable bonds is 5. The van der Waals surface area contributed by atoms with Gasteiger partial charge in [0, 0.05) is 6.61 Å². The average Bonchev–Trinajstić information content (AvgIpc) is 2.78. The molecule has 2 N–H and O–H groups in total. The van der Waals surface area contributed by atoms with Gasteiger partial charge >= 0.3 is 0 Å². The molecule has 0 saturated carbocycles. The van der Waals surface area contributed by atoms with Crippen LogP contribution in [0.4, 0.5) is 0 Å². The summed E-state index contributed by atoms with van der Waals surface area (Å²) in [5, 5.41) is 0. The van der Waals surface area contributed by atoms with Crippen molar-refractivity contribution in [1.82, 2.24) is 0 Å². The number of aliphatic imine (C=N–C) groups is 1. The Labute approximate surface area is 101 Å². The fraction of sp³-hybridized carbons (Fsp3) is 0.462. The van der Waals surface area contributed by atoms with Crippen molar-refractivity contribution < 1.29 is 9.47 Å². The van der Waals surface area contributed by atoms with E-state index in [0.717, 1.165) is 12.0 Å². The molecule has 2 rings (SSSR count). The Morgan fingerprint density at radius 1 is 1.47 bits per heavy atom. The Bertz CT molecular complexity index is 378. The lowest BCUT2D eigenvalue weighted by atomic mass is 10.0. The van der Waals surface area contributed by atoms with Gasteiger partial charge in [0.25, 0.3) is 6.02 Å². The first-order chi connectivity index (χ1) is 8.31. The maximum absolute atomic E-state index is 5.87. The Morgan fingerprint density at radius 3 is 2.82 bits per heavy atom. The molecule has 0 aliphatic carbocycles. The van der Waals surface area contributed by atoms with E-state index in [4.69, 9.17) is 15.2 Å². The SMILES string of the molecule is CCCOC(c1ccccc1)[C@@H]1COC(N)=N1. The van der Waals surface area contributed by atoms with Crippen molar-refractivity contribution in [2.75, 3.05) is 13.2 Å². The van der Waals surface area contributed by atoms with Crippen LogP contribution < -0.4 is 5.73 Å². The van der Waals surface area contributed by atoms with Gasteiger partial charge in [-0.15, -0.1) is 0 Å². The van der Waals surface area contributed by atoms with Gasteiger partial charge in [0.15, 0.2) is 0 Å². The van der Waals surface area contributed by atoms with Crippen LogP contribution in [0.25, 0.3) is 0 Å². The van der Waals surface area contributed by atoms with E-state index in [0.29, 0.717) is 13.2 Å². The predicted octanol–water partition coefficient (Wildman–Crippen LogP) is 1.87. The van der Waals surface area contributed by atoms with Crippen LogP contribution >= 0.6 is 0 Å². The monoisotopic (exact) mass is 234 g/mol. The van der Waals surface area contributed by atoms with Crippen LogP contribution in [0.3, 0.4) is 0 Å². The second-order valence-electron chi connectivity index (χ2n) is 4.05. The molecule has 0 amide bonds. The number of benzene rings is 1.